The molecule has 1 unspecified atom stereocenters. The van der Waals surface area contributed by atoms with Gasteiger partial charge in [-0.3, -0.25) is 14.7 Å². The third kappa shape index (κ3) is 4.76. The zero-order valence-electron chi connectivity index (χ0n) is 10.8. The number of likely N-dealkylation sites (tertiary alicyclic amines) is 1. The van der Waals surface area contributed by atoms with Gasteiger partial charge in [0.1, 0.15) is 6.61 Å². The summed E-state index contributed by atoms with van der Waals surface area (Å²) in [4.78, 5) is 25.6. The Bertz CT molecular complexity index is 422. The minimum Gasteiger partial charge on any atom is -0.475 e. The normalized spacial score (nSPS) is 18.5. The van der Waals surface area contributed by atoms with Crippen molar-refractivity contribution in [1.29, 1.82) is 0 Å². The van der Waals surface area contributed by atoms with Crippen LogP contribution in [0.5, 0.6) is 0 Å². The molecule has 19 heavy (non-hydrogen) atoms. The molecule has 1 aliphatic rings. The number of carbonyl (C=O) groups excluding carboxylic acids is 1. The molecule has 1 atom stereocenters. The van der Waals surface area contributed by atoms with E-state index < -0.39 is 18.4 Å². The number of aliphatic carboxylic acids is 1. The van der Waals surface area contributed by atoms with Gasteiger partial charge in [0.2, 0.25) is 0 Å². The lowest BCUT2D eigenvalue weighted by Gasteiger charge is -2.18. The highest BCUT2D eigenvalue weighted by molar-refractivity contribution is 6.33. The number of carbonyl (C=O) groups is 2. The largest absolute Gasteiger partial charge is 0.475 e. The lowest BCUT2D eigenvalue weighted by molar-refractivity contribution is -0.150. The van der Waals surface area contributed by atoms with Crippen LogP contribution in [0.3, 0.4) is 0 Å². The van der Waals surface area contributed by atoms with E-state index >= 15 is 0 Å². The Hall–Kier alpha value is -1.79. The van der Waals surface area contributed by atoms with E-state index in [4.69, 9.17) is 10.2 Å². The second kappa shape index (κ2) is 7.60. The predicted octanol–water partition coefficient (Wildman–Crippen LogP) is 0.481. The molecule has 0 amide bonds. The van der Waals surface area contributed by atoms with E-state index in [1.54, 1.807) is 0 Å². The fraction of sp³-hybridized carbons (Fsp3) is 0.462. The molecule has 104 valence electrons. The van der Waals surface area contributed by atoms with E-state index in [1.165, 1.54) is 24.9 Å². The number of aliphatic hydroxyl groups excluding tert-OH is 1. The minimum atomic E-state index is -1.59. The van der Waals surface area contributed by atoms with Gasteiger partial charge in [-0.15, -0.1) is 0 Å². The summed E-state index contributed by atoms with van der Waals surface area (Å²) in [6.45, 7) is 0.300. The summed E-state index contributed by atoms with van der Waals surface area (Å²) in [5.41, 5.74) is 1.36. The van der Waals surface area contributed by atoms with Gasteiger partial charge < -0.3 is 10.2 Å². The Balaban J connectivity index is 0.000000224. The monoisotopic (exact) mass is 266 g/mol. The standard InChI is InChI=1S/C10H14N2.C3H4O4/c1-12-7-3-5-10(12)9-4-2-6-11-8-9;4-1-2(5)3(6)7/h2,4,6,8,10H,3,5,7H2,1H3;4H,1H2,(H,6,7). The molecule has 2 heterocycles. The number of aliphatic hydroxyl groups is 1. The van der Waals surface area contributed by atoms with Crippen LogP contribution in [0.2, 0.25) is 0 Å². The van der Waals surface area contributed by atoms with Gasteiger partial charge in [-0.05, 0) is 38.1 Å². The molecule has 1 aromatic rings. The molecule has 1 fully saturated rings. The van der Waals surface area contributed by atoms with Crippen LogP contribution in [0, 0.1) is 0 Å². The molecule has 0 radical (unpaired) electrons. The van der Waals surface area contributed by atoms with Crippen molar-refractivity contribution in [2.24, 2.45) is 0 Å². The maximum Gasteiger partial charge on any atom is 0.374 e. The second-order valence-corrected chi connectivity index (χ2v) is 4.31. The number of rotatable bonds is 3. The highest BCUT2D eigenvalue weighted by Gasteiger charge is 2.21. The van der Waals surface area contributed by atoms with Crippen LogP contribution in [-0.2, 0) is 9.59 Å². The van der Waals surface area contributed by atoms with Gasteiger partial charge in [-0.2, -0.15) is 0 Å². The molecule has 0 spiro atoms. The molecule has 6 heteroatoms. The van der Waals surface area contributed by atoms with Gasteiger partial charge in [-0.1, -0.05) is 6.07 Å². The summed E-state index contributed by atoms with van der Waals surface area (Å²) < 4.78 is 0. The summed E-state index contributed by atoms with van der Waals surface area (Å²) in [7, 11) is 2.19. The van der Waals surface area contributed by atoms with Crippen LogP contribution in [0.15, 0.2) is 24.5 Å². The fourth-order valence-electron chi connectivity index (χ4n) is 1.97. The average Bonchev–Trinajstić information content (AvgIpc) is 2.85. The number of nitrogens with zero attached hydrogens (tertiary/aromatic N) is 2. The van der Waals surface area contributed by atoms with Crippen molar-refractivity contribution in [1.82, 2.24) is 9.88 Å². The third-order valence-electron chi connectivity index (χ3n) is 2.97. The van der Waals surface area contributed by atoms with Gasteiger partial charge in [-0.25, -0.2) is 4.79 Å². The summed E-state index contributed by atoms with van der Waals surface area (Å²) in [5, 5.41) is 15.4. The lowest BCUT2D eigenvalue weighted by Crippen LogP contribution is -2.17. The number of Topliss-reactive ketones (excluding diaryl/α,β-unsaturated/α-hetero) is 1. The number of carboxylic acid groups (broad SMARTS) is 1. The zero-order chi connectivity index (χ0) is 14.3. The number of ketones is 1. The molecule has 0 saturated carbocycles. The van der Waals surface area contributed by atoms with E-state index in [-0.39, 0.29) is 0 Å². The molecule has 0 aromatic carbocycles. The molecule has 2 N–H and O–H groups in total. The van der Waals surface area contributed by atoms with Crippen molar-refractivity contribution in [2.75, 3.05) is 20.2 Å². The first-order valence-electron chi connectivity index (χ1n) is 6.03. The Kier molecular flexibility index (Phi) is 6.11. The molecule has 2 rings (SSSR count). The number of hydrogen-bond acceptors (Lipinski definition) is 5. The van der Waals surface area contributed by atoms with Gasteiger partial charge >= 0.3 is 5.97 Å². The molecule has 0 bridgehead atoms. The summed E-state index contributed by atoms with van der Waals surface area (Å²) >= 11 is 0. The highest BCUT2D eigenvalue weighted by Crippen LogP contribution is 2.29. The summed E-state index contributed by atoms with van der Waals surface area (Å²) in [6, 6.07) is 4.79. The summed E-state index contributed by atoms with van der Waals surface area (Å²) in [5.74, 6) is -2.78. The van der Waals surface area contributed by atoms with Gasteiger partial charge in [0.25, 0.3) is 5.78 Å². The Morgan fingerprint density at radius 1 is 1.53 bits per heavy atom. The van der Waals surface area contributed by atoms with E-state index in [2.05, 4.69) is 23.0 Å². The van der Waals surface area contributed by atoms with E-state index in [0.29, 0.717) is 6.04 Å². The van der Waals surface area contributed by atoms with Crippen LogP contribution >= 0.6 is 0 Å². The Labute approximate surface area is 111 Å². The number of hydrogen-bond donors (Lipinski definition) is 2. The fourth-order valence-corrected chi connectivity index (χ4v) is 1.97. The van der Waals surface area contributed by atoms with Crippen molar-refractivity contribution in [3.63, 3.8) is 0 Å². The minimum absolute atomic E-state index is 0.610. The molecule has 6 nitrogen and oxygen atoms in total. The van der Waals surface area contributed by atoms with Gasteiger partial charge in [0.05, 0.1) is 0 Å². The van der Waals surface area contributed by atoms with Crippen molar-refractivity contribution < 1.29 is 19.8 Å². The maximum absolute atomic E-state index is 9.66. The van der Waals surface area contributed by atoms with Crippen molar-refractivity contribution in [2.45, 2.75) is 18.9 Å². The van der Waals surface area contributed by atoms with E-state index in [1.807, 2.05) is 18.5 Å². The molecule has 1 saturated heterocycles. The van der Waals surface area contributed by atoms with Crippen LogP contribution in [0.4, 0.5) is 0 Å². The zero-order valence-corrected chi connectivity index (χ0v) is 10.8. The third-order valence-corrected chi connectivity index (χ3v) is 2.97. The quantitative estimate of drug-likeness (QED) is 0.773. The highest BCUT2D eigenvalue weighted by atomic mass is 16.4. The number of carboxylic acids is 1. The van der Waals surface area contributed by atoms with E-state index in [9.17, 15) is 9.59 Å². The smallest absolute Gasteiger partial charge is 0.374 e. The van der Waals surface area contributed by atoms with Crippen LogP contribution in [-0.4, -0.2) is 52.0 Å². The maximum atomic E-state index is 9.66. The van der Waals surface area contributed by atoms with Crippen LogP contribution in [0.1, 0.15) is 24.4 Å². The predicted molar refractivity (Wildman–Crippen MR) is 68.6 cm³/mol. The first-order valence-corrected chi connectivity index (χ1v) is 6.03. The molecule has 0 aliphatic carbocycles. The first kappa shape index (κ1) is 15.3. The topological polar surface area (TPSA) is 90.7 Å². The Morgan fingerprint density at radius 3 is 2.63 bits per heavy atom. The number of aromatic nitrogens is 1. The molecule has 1 aromatic heterocycles. The van der Waals surface area contributed by atoms with Gasteiger partial charge in [0.15, 0.2) is 0 Å². The van der Waals surface area contributed by atoms with Crippen molar-refractivity contribution in [3.8, 4) is 0 Å². The Morgan fingerprint density at radius 2 is 2.26 bits per heavy atom. The summed E-state index contributed by atoms with van der Waals surface area (Å²) in [6.07, 6.45) is 6.41. The average molecular weight is 266 g/mol. The second-order valence-electron chi connectivity index (χ2n) is 4.31. The molecular weight excluding hydrogens is 248 g/mol. The molecule has 1 aliphatic heterocycles. The van der Waals surface area contributed by atoms with Crippen LogP contribution in [0.25, 0.3) is 0 Å². The van der Waals surface area contributed by atoms with Crippen molar-refractivity contribution >= 4 is 11.8 Å². The first-order chi connectivity index (χ1) is 9.06. The lowest BCUT2D eigenvalue weighted by atomic mass is 10.1. The van der Waals surface area contributed by atoms with Crippen LogP contribution < -0.4 is 0 Å². The van der Waals surface area contributed by atoms with Crippen molar-refractivity contribution in [3.05, 3.63) is 30.1 Å². The SMILES string of the molecule is CN1CCCC1c1cccnc1.O=C(O)C(=O)CO. The molecular formula is C13H18N2O4. The number of pyridine rings is 1. The van der Waals surface area contributed by atoms with Gasteiger partial charge in [0, 0.05) is 18.4 Å². The van der Waals surface area contributed by atoms with E-state index in [0.717, 1.165) is 0 Å².